The van der Waals surface area contributed by atoms with E-state index in [0.717, 1.165) is 32.1 Å². The van der Waals surface area contributed by atoms with Gasteiger partial charge in [-0.25, -0.2) is 0 Å². The largest absolute Gasteiger partial charge is 0.392 e. The van der Waals surface area contributed by atoms with Crippen molar-refractivity contribution in [2.75, 3.05) is 6.54 Å². The Labute approximate surface area is 141 Å². The molecule has 1 amide bonds. The lowest BCUT2D eigenvalue weighted by Gasteiger charge is -2.33. The van der Waals surface area contributed by atoms with Crippen LogP contribution in [0, 0.1) is 5.41 Å². The van der Waals surface area contributed by atoms with Crippen molar-refractivity contribution in [1.29, 1.82) is 0 Å². The van der Waals surface area contributed by atoms with Crippen LogP contribution in [0.2, 0.25) is 5.02 Å². The van der Waals surface area contributed by atoms with E-state index in [-0.39, 0.29) is 30.0 Å². The number of aromatic nitrogens is 2. The number of carbonyl (C=O) groups excluding carboxylic acids is 1. The lowest BCUT2D eigenvalue weighted by atomic mass is 9.75. The van der Waals surface area contributed by atoms with E-state index in [4.69, 9.17) is 11.6 Å². The van der Waals surface area contributed by atoms with E-state index < -0.39 is 0 Å². The number of aliphatic hydroxyl groups excluding tert-OH is 1. The SMILES string of the molecule is C[C@@]12C[C@H](CNC(=O)Cn3cc(Cl)cn3)N[C@@H]1CCCC[C@@H]2O. The molecule has 2 fully saturated rings. The van der Waals surface area contributed by atoms with E-state index in [2.05, 4.69) is 22.7 Å². The van der Waals surface area contributed by atoms with Crippen LogP contribution in [0.25, 0.3) is 0 Å². The number of rotatable bonds is 4. The van der Waals surface area contributed by atoms with E-state index in [1.165, 1.54) is 10.9 Å². The molecule has 1 aromatic rings. The highest BCUT2D eigenvalue weighted by atomic mass is 35.5. The average molecular weight is 341 g/mol. The molecule has 3 rings (SSSR count). The van der Waals surface area contributed by atoms with Crippen molar-refractivity contribution in [2.24, 2.45) is 5.41 Å². The second-order valence-corrected chi connectivity index (χ2v) is 7.52. The molecule has 0 radical (unpaired) electrons. The number of halogens is 1. The molecule has 1 saturated carbocycles. The van der Waals surface area contributed by atoms with Crippen molar-refractivity contribution in [3.63, 3.8) is 0 Å². The summed E-state index contributed by atoms with van der Waals surface area (Å²) >= 11 is 5.79. The molecule has 0 spiro atoms. The summed E-state index contributed by atoms with van der Waals surface area (Å²) in [6, 6.07) is 0.551. The Morgan fingerprint density at radius 2 is 2.35 bits per heavy atom. The van der Waals surface area contributed by atoms with Gasteiger partial charge in [-0.1, -0.05) is 31.4 Å². The van der Waals surface area contributed by atoms with Gasteiger partial charge in [0.05, 0.1) is 17.3 Å². The maximum absolute atomic E-state index is 12.0. The fraction of sp³-hybridized carbons (Fsp3) is 0.750. The smallest absolute Gasteiger partial charge is 0.241 e. The van der Waals surface area contributed by atoms with Gasteiger partial charge in [0.15, 0.2) is 0 Å². The summed E-state index contributed by atoms with van der Waals surface area (Å²) in [6.45, 7) is 2.92. The van der Waals surface area contributed by atoms with E-state index in [0.29, 0.717) is 17.6 Å². The molecule has 1 aromatic heterocycles. The quantitative estimate of drug-likeness (QED) is 0.772. The maximum atomic E-state index is 12.0. The number of nitrogens with zero attached hydrogens (tertiary/aromatic N) is 2. The standard InChI is InChI=1S/C16H25ClN4O2/c1-16-6-12(20-13(16)4-2-3-5-14(16)22)8-18-15(23)10-21-9-11(17)7-19-21/h7,9,12-14,20,22H,2-6,8,10H2,1H3,(H,18,23)/t12-,13-,14+,16-/m1/s1. The molecule has 3 N–H and O–H groups in total. The highest BCUT2D eigenvalue weighted by molar-refractivity contribution is 6.30. The summed E-state index contributed by atoms with van der Waals surface area (Å²) in [7, 11) is 0. The Balaban J connectivity index is 1.50. The van der Waals surface area contributed by atoms with Crippen molar-refractivity contribution in [3.8, 4) is 0 Å². The minimum atomic E-state index is -0.255. The van der Waals surface area contributed by atoms with Crippen molar-refractivity contribution < 1.29 is 9.90 Å². The molecule has 0 bridgehead atoms. The predicted octanol–water partition coefficient (Wildman–Crippen LogP) is 1.32. The number of carbonyl (C=O) groups is 1. The monoisotopic (exact) mass is 340 g/mol. The molecule has 128 valence electrons. The molecule has 6 nitrogen and oxygen atoms in total. The fourth-order valence-electron chi connectivity index (χ4n) is 4.00. The Bertz CT molecular complexity index is 564. The zero-order chi connectivity index (χ0) is 16.4. The summed E-state index contributed by atoms with van der Waals surface area (Å²) in [6.07, 6.45) is 8.03. The molecule has 1 saturated heterocycles. The number of hydrogen-bond acceptors (Lipinski definition) is 4. The van der Waals surface area contributed by atoms with Crippen LogP contribution in [0.5, 0.6) is 0 Å². The molecule has 23 heavy (non-hydrogen) atoms. The van der Waals surface area contributed by atoms with E-state index in [1.807, 2.05) is 0 Å². The zero-order valence-corrected chi connectivity index (χ0v) is 14.2. The number of hydrogen-bond donors (Lipinski definition) is 3. The van der Waals surface area contributed by atoms with Gasteiger partial charge in [0.25, 0.3) is 0 Å². The molecule has 2 heterocycles. The van der Waals surface area contributed by atoms with Crippen molar-refractivity contribution in [3.05, 3.63) is 17.4 Å². The number of amides is 1. The van der Waals surface area contributed by atoms with Gasteiger partial charge in [0.1, 0.15) is 6.54 Å². The summed E-state index contributed by atoms with van der Waals surface area (Å²) in [5.74, 6) is -0.0793. The van der Waals surface area contributed by atoms with E-state index in [9.17, 15) is 9.90 Å². The third-order valence-corrected chi connectivity index (χ3v) is 5.55. The molecule has 1 aliphatic heterocycles. The molecule has 1 aliphatic carbocycles. The van der Waals surface area contributed by atoms with Crippen LogP contribution in [0.1, 0.15) is 39.0 Å². The number of aliphatic hydroxyl groups is 1. The van der Waals surface area contributed by atoms with Gasteiger partial charge < -0.3 is 15.7 Å². The van der Waals surface area contributed by atoms with Crippen molar-refractivity contribution in [1.82, 2.24) is 20.4 Å². The maximum Gasteiger partial charge on any atom is 0.241 e. The zero-order valence-electron chi connectivity index (χ0n) is 13.5. The van der Waals surface area contributed by atoms with Gasteiger partial charge in [0, 0.05) is 30.2 Å². The number of fused-ring (bicyclic) bond motifs is 1. The third kappa shape index (κ3) is 3.70. The van der Waals surface area contributed by atoms with Gasteiger partial charge in [-0.05, 0) is 19.3 Å². The topological polar surface area (TPSA) is 79.2 Å². The lowest BCUT2D eigenvalue weighted by molar-refractivity contribution is -0.121. The molecule has 7 heteroatoms. The van der Waals surface area contributed by atoms with Gasteiger partial charge >= 0.3 is 0 Å². The normalized spacial score (nSPS) is 34.0. The first-order valence-corrected chi connectivity index (χ1v) is 8.74. The first kappa shape index (κ1) is 16.7. The number of nitrogens with one attached hydrogen (secondary N) is 2. The first-order chi connectivity index (χ1) is 11.0. The molecule has 0 aromatic carbocycles. The van der Waals surface area contributed by atoms with Gasteiger partial charge in [-0.15, -0.1) is 0 Å². The van der Waals surface area contributed by atoms with Crippen molar-refractivity contribution in [2.45, 2.75) is 63.8 Å². The second-order valence-electron chi connectivity index (χ2n) is 7.09. The van der Waals surface area contributed by atoms with Gasteiger partial charge in [-0.2, -0.15) is 5.10 Å². The Morgan fingerprint density at radius 3 is 3.09 bits per heavy atom. The highest BCUT2D eigenvalue weighted by Crippen LogP contribution is 2.43. The summed E-state index contributed by atoms with van der Waals surface area (Å²) in [5, 5.41) is 21.5. The van der Waals surface area contributed by atoms with Crippen LogP contribution in [-0.4, -0.2) is 45.5 Å². The van der Waals surface area contributed by atoms with Crippen LogP contribution in [0.3, 0.4) is 0 Å². The minimum absolute atomic E-state index is 0.0793. The van der Waals surface area contributed by atoms with Crippen LogP contribution < -0.4 is 10.6 Å². The fourth-order valence-corrected chi connectivity index (χ4v) is 4.16. The van der Waals surface area contributed by atoms with Gasteiger partial charge in [-0.3, -0.25) is 9.48 Å². The van der Waals surface area contributed by atoms with Crippen molar-refractivity contribution >= 4 is 17.5 Å². The highest BCUT2D eigenvalue weighted by Gasteiger charge is 2.48. The second kappa shape index (κ2) is 6.79. The molecular formula is C16H25ClN4O2. The van der Waals surface area contributed by atoms with E-state index in [1.54, 1.807) is 6.20 Å². The molecule has 4 atom stereocenters. The predicted molar refractivity (Wildman–Crippen MR) is 88.2 cm³/mol. The molecule has 2 aliphatic rings. The Kier molecular flexibility index (Phi) is 4.94. The molecule has 0 unspecified atom stereocenters. The minimum Gasteiger partial charge on any atom is -0.392 e. The van der Waals surface area contributed by atoms with Crippen LogP contribution in [-0.2, 0) is 11.3 Å². The van der Waals surface area contributed by atoms with Crippen LogP contribution in [0.15, 0.2) is 12.4 Å². The summed E-state index contributed by atoms with van der Waals surface area (Å²) in [5.41, 5.74) is -0.0819. The third-order valence-electron chi connectivity index (χ3n) is 5.35. The van der Waals surface area contributed by atoms with Gasteiger partial charge in [0.2, 0.25) is 5.91 Å². The summed E-state index contributed by atoms with van der Waals surface area (Å²) < 4.78 is 1.52. The molecular weight excluding hydrogens is 316 g/mol. The Morgan fingerprint density at radius 1 is 1.57 bits per heavy atom. The average Bonchev–Trinajstić information content (AvgIpc) is 3.02. The first-order valence-electron chi connectivity index (χ1n) is 8.36. The van der Waals surface area contributed by atoms with Crippen LogP contribution in [0.4, 0.5) is 0 Å². The summed E-state index contributed by atoms with van der Waals surface area (Å²) in [4.78, 5) is 12.0. The lowest BCUT2D eigenvalue weighted by Crippen LogP contribution is -2.43. The van der Waals surface area contributed by atoms with E-state index >= 15 is 0 Å². The Hall–Kier alpha value is -1.11. The van der Waals surface area contributed by atoms with Crippen LogP contribution >= 0.6 is 11.6 Å².